The second-order valence-electron chi connectivity index (χ2n) is 9.51. The van der Waals surface area contributed by atoms with Crippen molar-refractivity contribution in [3.05, 3.63) is 35.9 Å². The number of carbonyl (C=O) groups is 4. The van der Waals surface area contributed by atoms with E-state index in [0.717, 1.165) is 5.56 Å². The van der Waals surface area contributed by atoms with Crippen LogP contribution < -0.4 is 27.4 Å². The van der Waals surface area contributed by atoms with Crippen LogP contribution in [0.15, 0.2) is 30.3 Å². The minimum atomic E-state index is -1.14. The van der Waals surface area contributed by atoms with Gasteiger partial charge in [0.25, 0.3) is 0 Å². The van der Waals surface area contributed by atoms with Gasteiger partial charge in [-0.1, -0.05) is 44.2 Å². The Balaban J connectivity index is 2.91. The highest BCUT2D eigenvalue weighted by Crippen LogP contribution is 2.10. The molecule has 208 valence electrons. The lowest BCUT2D eigenvalue weighted by Crippen LogP contribution is -2.57. The smallest absolute Gasteiger partial charge is 0.326 e. The van der Waals surface area contributed by atoms with Crippen molar-refractivity contribution < 1.29 is 24.3 Å². The molecule has 0 aliphatic rings. The van der Waals surface area contributed by atoms with Crippen molar-refractivity contribution in [3.8, 4) is 0 Å². The summed E-state index contributed by atoms with van der Waals surface area (Å²) >= 11 is 1.53. The third-order valence-corrected chi connectivity index (χ3v) is 6.42. The van der Waals surface area contributed by atoms with Gasteiger partial charge in [0, 0.05) is 0 Å². The zero-order chi connectivity index (χ0) is 27.8. The fraction of sp³-hybridized carbons (Fsp3) is 0.615. The predicted octanol–water partition coefficient (Wildman–Crippen LogP) is 1.02. The Morgan fingerprint density at radius 2 is 1.49 bits per heavy atom. The van der Waals surface area contributed by atoms with Gasteiger partial charge in [-0.25, -0.2) is 4.79 Å². The Kier molecular flexibility index (Phi) is 15.6. The van der Waals surface area contributed by atoms with Crippen molar-refractivity contribution >= 4 is 35.5 Å². The van der Waals surface area contributed by atoms with Crippen LogP contribution in [0.1, 0.15) is 51.5 Å². The van der Waals surface area contributed by atoms with Gasteiger partial charge in [0.1, 0.15) is 18.1 Å². The van der Waals surface area contributed by atoms with Gasteiger partial charge in [-0.05, 0) is 68.6 Å². The molecule has 0 radical (unpaired) electrons. The highest BCUT2D eigenvalue weighted by Gasteiger charge is 2.30. The summed E-state index contributed by atoms with van der Waals surface area (Å²) in [5, 5.41) is 17.5. The molecule has 4 atom stereocenters. The molecule has 0 bridgehead atoms. The summed E-state index contributed by atoms with van der Waals surface area (Å²) in [6, 6.07) is 5.60. The van der Waals surface area contributed by atoms with Crippen molar-refractivity contribution in [1.82, 2.24) is 16.0 Å². The van der Waals surface area contributed by atoms with E-state index in [9.17, 15) is 24.3 Å². The van der Waals surface area contributed by atoms with Crippen LogP contribution in [-0.4, -0.2) is 71.5 Å². The van der Waals surface area contributed by atoms with Gasteiger partial charge in [0.2, 0.25) is 17.7 Å². The highest BCUT2D eigenvalue weighted by molar-refractivity contribution is 7.98. The summed E-state index contributed by atoms with van der Waals surface area (Å²) in [6.45, 7) is 4.24. The minimum Gasteiger partial charge on any atom is -0.480 e. The Hall–Kier alpha value is -2.63. The van der Waals surface area contributed by atoms with Crippen LogP contribution in [0, 0.1) is 5.92 Å². The zero-order valence-corrected chi connectivity index (χ0v) is 22.9. The number of benzene rings is 1. The molecule has 0 aliphatic heterocycles. The molecule has 0 saturated heterocycles. The molecule has 0 saturated carbocycles. The molecule has 0 fully saturated rings. The van der Waals surface area contributed by atoms with Crippen molar-refractivity contribution in [3.63, 3.8) is 0 Å². The standard InChI is InChI=1S/C26H43N5O5S/c1-17(2)15-22(25(34)30-21(26(35)36)11-7-8-13-27)31-24(33)20(12-14-37-3)29-23(32)19(28)16-18-9-5-4-6-10-18/h4-6,9-10,17,19-22H,7-8,11-16,27-28H2,1-3H3,(H,29,32)(H,30,34)(H,31,33)(H,35,36). The maximum absolute atomic E-state index is 13.2. The van der Waals surface area contributed by atoms with Crippen LogP contribution in [0.25, 0.3) is 0 Å². The maximum Gasteiger partial charge on any atom is 0.326 e. The highest BCUT2D eigenvalue weighted by atomic mass is 32.2. The van der Waals surface area contributed by atoms with Gasteiger partial charge >= 0.3 is 5.97 Å². The topological polar surface area (TPSA) is 177 Å². The molecule has 3 amide bonds. The number of carboxylic acids is 1. The molecule has 1 rings (SSSR count). The van der Waals surface area contributed by atoms with Crippen LogP contribution in [0.4, 0.5) is 0 Å². The molecular formula is C26H43N5O5S. The Bertz CT molecular complexity index is 855. The third-order valence-electron chi connectivity index (χ3n) is 5.78. The number of hydrogen-bond acceptors (Lipinski definition) is 7. The molecular weight excluding hydrogens is 494 g/mol. The molecule has 10 nitrogen and oxygen atoms in total. The van der Waals surface area contributed by atoms with Gasteiger partial charge < -0.3 is 32.5 Å². The average Bonchev–Trinajstić information content (AvgIpc) is 2.85. The number of amides is 3. The normalized spacial score (nSPS) is 14.3. The molecule has 0 spiro atoms. The van der Waals surface area contributed by atoms with Crippen LogP contribution in [0.5, 0.6) is 0 Å². The molecule has 1 aromatic rings. The van der Waals surface area contributed by atoms with Crippen molar-refractivity contribution in [1.29, 1.82) is 0 Å². The van der Waals surface area contributed by atoms with Crippen molar-refractivity contribution in [2.75, 3.05) is 18.6 Å². The fourth-order valence-corrected chi connectivity index (χ4v) is 4.21. The molecule has 11 heteroatoms. The summed E-state index contributed by atoms with van der Waals surface area (Å²) in [7, 11) is 0. The Morgan fingerprint density at radius 3 is 2.05 bits per heavy atom. The number of nitrogens with one attached hydrogen (secondary N) is 3. The molecule has 1 aromatic carbocycles. The van der Waals surface area contributed by atoms with Crippen molar-refractivity contribution in [2.45, 2.75) is 76.5 Å². The van der Waals surface area contributed by atoms with E-state index < -0.39 is 47.9 Å². The van der Waals surface area contributed by atoms with Crippen LogP contribution in [-0.2, 0) is 25.6 Å². The summed E-state index contributed by atoms with van der Waals surface area (Å²) in [5.74, 6) is -2.02. The second kappa shape index (κ2) is 17.8. The maximum atomic E-state index is 13.2. The predicted molar refractivity (Wildman–Crippen MR) is 147 cm³/mol. The summed E-state index contributed by atoms with van der Waals surface area (Å²) < 4.78 is 0. The first-order chi connectivity index (χ1) is 17.6. The summed E-state index contributed by atoms with van der Waals surface area (Å²) in [4.78, 5) is 50.6. The van der Waals surface area contributed by atoms with E-state index >= 15 is 0 Å². The van der Waals surface area contributed by atoms with E-state index in [4.69, 9.17) is 11.5 Å². The molecule has 0 aromatic heterocycles. The van der Waals surface area contributed by atoms with Gasteiger partial charge in [0.05, 0.1) is 6.04 Å². The molecule has 4 unspecified atom stereocenters. The first kappa shape index (κ1) is 32.4. The number of rotatable bonds is 18. The molecule has 37 heavy (non-hydrogen) atoms. The summed E-state index contributed by atoms with van der Waals surface area (Å²) in [5.41, 5.74) is 12.5. The quantitative estimate of drug-likeness (QED) is 0.150. The van der Waals surface area contributed by atoms with E-state index in [1.807, 2.05) is 50.4 Å². The van der Waals surface area contributed by atoms with E-state index in [-0.39, 0.29) is 12.3 Å². The fourth-order valence-electron chi connectivity index (χ4n) is 3.74. The SMILES string of the molecule is CSCCC(NC(=O)C(N)Cc1ccccc1)C(=O)NC(CC(C)C)C(=O)NC(CCCCN)C(=O)O. The lowest BCUT2D eigenvalue weighted by molar-refractivity contribution is -0.142. The lowest BCUT2D eigenvalue weighted by atomic mass is 10.0. The molecule has 0 aliphatic carbocycles. The largest absolute Gasteiger partial charge is 0.480 e. The molecule has 0 heterocycles. The van der Waals surface area contributed by atoms with Crippen LogP contribution in [0.3, 0.4) is 0 Å². The van der Waals surface area contributed by atoms with Gasteiger partial charge in [0.15, 0.2) is 0 Å². The Labute approximate surface area is 224 Å². The summed E-state index contributed by atoms with van der Waals surface area (Å²) in [6.07, 6.45) is 4.32. The van der Waals surface area contributed by atoms with E-state index in [1.165, 1.54) is 11.8 Å². The number of unbranched alkanes of at least 4 members (excludes halogenated alkanes) is 1. The van der Waals surface area contributed by atoms with Gasteiger partial charge in [-0.15, -0.1) is 0 Å². The van der Waals surface area contributed by atoms with Crippen molar-refractivity contribution in [2.24, 2.45) is 17.4 Å². The van der Waals surface area contributed by atoms with E-state index in [1.54, 1.807) is 0 Å². The minimum absolute atomic E-state index is 0.0510. The second-order valence-corrected chi connectivity index (χ2v) is 10.5. The number of thioether (sulfide) groups is 1. The van der Waals surface area contributed by atoms with E-state index in [0.29, 0.717) is 44.4 Å². The van der Waals surface area contributed by atoms with E-state index in [2.05, 4.69) is 16.0 Å². The number of carbonyl (C=O) groups excluding carboxylic acids is 3. The van der Waals surface area contributed by atoms with Crippen LogP contribution >= 0.6 is 11.8 Å². The monoisotopic (exact) mass is 537 g/mol. The number of aliphatic carboxylic acids is 1. The zero-order valence-electron chi connectivity index (χ0n) is 22.1. The first-order valence-electron chi connectivity index (χ1n) is 12.7. The third kappa shape index (κ3) is 12.9. The number of carboxylic acid groups (broad SMARTS) is 1. The van der Waals surface area contributed by atoms with Gasteiger partial charge in [-0.2, -0.15) is 11.8 Å². The average molecular weight is 538 g/mol. The molecule has 8 N–H and O–H groups in total. The Morgan fingerprint density at radius 1 is 0.892 bits per heavy atom. The number of nitrogens with two attached hydrogens (primary N) is 2. The lowest BCUT2D eigenvalue weighted by Gasteiger charge is -2.26. The first-order valence-corrected chi connectivity index (χ1v) is 14.1. The van der Waals surface area contributed by atoms with Crippen LogP contribution in [0.2, 0.25) is 0 Å². The number of hydrogen-bond donors (Lipinski definition) is 6. The van der Waals surface area contributed by atoms with Gasteiger partial charge in [-0.3, -0.25) is 14.4 Å².